The van der Waals surface area contributed by atoms with Gasteiger partial charge in [0, 0.05) is 24.3 Å². The van der Waals surface area contributed by atoms with Crippen LogP contribution in [0.5, 0.6) is 0 Å². The zero-order chi connectivity index (χ0) is 20.0. The third-order valence-corrected chi connectivity index (χ3v) is 5.08. The highest BCUT2D eigenvalue weighted by Gasteiger charge is 2.16. The second kappa shape index (κ2) is 8.74. The molecule has 2 aromatic rings. The molecule has 3 N–H and O–H groups in total. The van der Waals surface area contributed by atoms with Crippen molar-refractivity contribution in [2.24, 2.45) is 0 Å². The Kier molecular flexibility index (Phi) is 6.65. The number of carbonyl (C=O) groups is 2. The molecule has 0 aliphatic heterocycles. The van der Waals surface area contributed by atoms with Gasteiger partial charge in [0.2, 0.25) is 10.0 Å². The van der Waals surface area contributed by atoms with E-state index in [4.69, 9.17) is 5.11 Å². The molecule has 0 fully saturated rings. The van der Waals surface area contributed by atoms with Gasteiger partial charge in [0.1, 0.15) is 5.69 Å². The zero-order valence-electron chi connectivity index (χ0n) is 15.0. The first kappa shape index (κ1) is 20.5. The summed E-state index contributed by atoms with van der Waals surface area (Å²) in [7, 11) is -3.50. The predicted octanol–water partition coefficient (Wildman–Crippen LogP) is 1.54. The van der Waals surface area contributed by atoms with Gasteiger partial charge in [-0.3, -0.25) is 4.79 Å². The summed E-state index contributed by atoms with van der Waals surface area (Å²) < 4.78 is 26.8. The van der Waals surface area contributed by atoms with E-state index in [1.807, 2.05) is 0 Å². The van der Waals surface area contributed by atoms with E-state index in [-0.39, 0.29) is 29.6 Å². The fourth-order valence-electron chi connectivity index (χ4n) is 2.44. The molecule has 1 aromatic carbocycles. The molecule has 2 rings (SSSR count). The minimum atomic E-state index is -3.50. The number of amides is 1. The molecule has 1 aromatic heterocycles. The van der Waals surface area contributed by atoms with Gasteiger partial charge in [-0.1, -0.05) is 24.3 Å². The molecule has 9 heteroatoms. The van der Waals surface area contributed by atoms with Crippen LogP contribution in [-0.2, 0) is 22.3 Å². The lowest BCUT2D eigenvalue weighted by molar-refractivity contribution is 0.0690. The van der Waals surface area contributed by atoms with E-state index >= 15 is 0 Å². The summed E-state index contributed by atoms with van der Waals surface area (Å²) >= 11 is 0. The predicted molar refractivity (Wildman–Crippen MR) is 99.7 cm³/mol. The molecule has 8 nitrogen and oxygen atoms in total. The lowest BCUT2D eigenvalue weighted by Gasteiger charge is -2.13. The number of aromatic nitrogens is 1. The van der Waals surface area contributed by atoms with Crippen LogP contribution in [0.15, 0.2) is 42.6 Å². The number of carboxylic acid groups (broad SMARTS) is 1. The first-order valence-electron chi connectivity index (χ1n) is 8.22. The molecule has 0 unspecified atom stereocenters. The van der Waals surface area contributed by atoms with Crippen LogP contribution < -0.4 is 10.0 Å². The lowest BCUT2D eigenvalue weighted by atomic mass is 10.1. The Balaban J connectivity index is 2.11. The van der Waals surface area contributed by atoms with Crippen molar-refractivity contribution in [3.05, 3.63) is 65.0 Å². The van der Waals surface area contributed by atoms with Gasteiger partial charge in [0.25, 0.3) is 5.91 Å². The molecular formula is C18H21N3O5S. The van der Waals surface area contributed by atoms with Gasteiger partial charge in [-0.05, 0) is 37.1 Å². The lowest BCUT2D eigenvalue weighted by Crippen LogP contribution is -2.32. The van der Waals surface area contributed by atoms with Gasteiger partial charge in [0.05, 0.1) is 5.75 Å². The van der Waals surface area contributed by atoms with Gasteiger partial charge in [0.15, 0.2) is 0 Å². The van der Waals surface area contributed by atoms with Crippen molar-refractivity contribution in [2.45, 2.75) is 32.2 Å². The summed E-state index contributed by atoms with van der Waals surface area (Å²) in [5.41, 5.74) is 1.17. The molecule has 0 saturated heterocycles. The Morgan fingerprint density at radius 1 is 1.15 bits per heavy atom. The number of aromatic carboxylic acids is 1. The van der Waals surface area contributed by atoms with Crippen molar-refractivity contribution in [2.75, 3.05) is 0 Å². The van der Waals surface area contributed by atoms with Crippen molar-refractivity contribution in [3.63, 3.8) is 0 Å². The molecule has 0 atom stereocenters. The minimum absolute atomic E-state index is 0.108. The van der Waals surface area contributed by atoms with Gasteiger partial charge >= 0.3 is 5.97 Å². The highest BCUT2D eigenvalue weighted by atomic mass is 32.2. The van der Waals surface area contributed by atoms with Gasteiger partial charge in [-0.2, -0.15) is 0 Å². The summed E-state index contributed by atoms with van der Waals surface area (Å²) in [5, 5.41) is 11.6. The Labute approximate surface area is 157 Å². The van der Waals surface area contributed by atoms with E-state index in [9.17, 15) is 18.0 Å². The van der Waals surface area contributed by atoms with E-state index in [2.05, 4.69) is 15.0 Å². The fraction of sp³-hybridized carbons (Fsp3) is 0.278. The molecule has 27 heavy (non-hydrogen) atoms. The molecule has 0 bridgehead atoms. The number of benzene rings is 1. The standard InChI is InChI=1S/C18H21N3O5S/c1-12(2)21-27(25,26)11-15-6-4-3-5-14(15)10-20-17(22)13-7-8-19-16(9-13)18(23)24/h3-9,12,21H,10-11H2,1-2H3,(H,20,22)(H,23,24). The van der Waals surface area contributed by atoms with Crippen LogP contribution in [0, 0.1) is 0 Å². The maximum Gasteiger partial charge on any atom is 0.354 e. The maximum atomic E-state index is 12.3. The van der Waals surface area contributed by atoms with Crippen LogP contribution in [0.4, 0.5) is 0 Å². The number of sulfonamides is 1. The Morgan fingerprint density at radius 3 is 2.44 bits per heavy atom. The Morgan fingerprint density at radius 2 is 1.81 bits per heavy atom. The molecular weight excluding hydrogens is 370 g/mol. The summed E-state index contributed by atoms with van der Waals surface area (Å²) in [6, 6.07) is 9.28. The van der Waals surface area contributed by atoms with Crippen LogP contribution in [0.1, 0.15) is 45.8 Å². The number of nitrogens with zero attached hydrogens (tertiary/aromatic N) is 1. The molecule has 0 aliphatic carbocycles. The van der Waals surface area contributed by atoms with Gasteiger partial charge < -0.3 is 10.4 Å². The normalized spacial score (nSPS) is 11.4. The Bertz CT molecular complexity index is 942. The van der Waals surface area contributed by atoms with E-state index in [1.54, 1.807) is 38.1 Å². The molecule has 144 valence electrons. The number of hydrogen-bond acceptors (Lipinski definition) is 5. The summed E-state index contributed by atoms with van der Waals surface area (Å²) in [6.07, 6.45) is 1.25. The largest absolute Gasteiger partial charge is 0.477 e. The van der Waals surface area contributed by atoms with E-state index in [0.29, 0.717) is 11.1 Å². The van der Waals surface area contributed by atoms with Crippen LogP contribution >= 0.6 is 0 Å². The van der Waals surface area contributed by atoms with Gasteiger partial charge in [-0.15, -0.1) is 0 Å². The number of carboxylic acids is 1. The van der Waals surface area contributed by atoms with Gasteiger partial charge in [-0.25, -0.2) is 22.9 Å². The molecule has 0 aliphatic rings. The molecule has 0 radical (unpaired) electrons. The highest BCUT2D eigenvalue weighted by molar-refractivity contribution is 7.88. The topological polar surface area (TPSA) is 125 Å². The number of carbonyl (C=O) groups excluding carboxylic acids is 1. The second-order valence-electron chi connectivity index (χ2n) is 6.22. The number of rotatable bonds is 8. The smallest absolute Gasteiger partial charge is 0.354 e. The van der Waals surface area contributed by atoms with Crippen molar-refractivity contribution in [1.29, 1.82) is 0 Å². The number of nitrogens with one attached hydrogen (secondary N) is 2. The summed E-state index contributed by atoms with van der Waals surface area (Å²) in [6.45, 7) is 3.59. The average Bonchev–Trinajstić information content (AvgIpc) is 2.59. The molecule has 0 saturated carbocycles. The van der Waals surface area contributed by atoms with Crippen molar-refractivity contribution in [1.82, 2.24) is 15.0 Å². The van der Waals surface area contributed by atoms with Crippen molar-refractivity contribution < 1.29 is 23.1 Å². The first-order valence-corrected chi connectivity index (χ1v) is 9.87. The van der Waals surface area contributed by atoms with Crippen molar-refractivity contribution in [3.8, 4) is 0 Å². The number of pyridine rings is 1. The highest BCUT2D eigenvalue weighted by Crippen LogP contribution is 2.13. The molecule has 0 spiro atoms. The molecule has 1 heterocycles. The SMILES string of the molecule is CC(C)NS(=O)(=O)Cc1ccccc1CNC(=O)c1ccnc(C(=O)O)c1. The third kappa shape index (κ3) is 6.15. The molecule has 1 amide bonds. The number of hydrogen-bond donors (Lipinski definition) is 3. The minimum Gasteiger partial charge on any atom is -0.477 e. The Hall–Kier alpha value is -2.78. The van der Waals surface area contributed by atoms with Crippen molar-refractivity contribution >= 4 is 21.9 Å². The van der Waals surface area contributed by atoms with E-state index in [0.717, 1.165) is 0 Å². The fourth-order valence-corrected chi connectivity index (χ4v) is 3.94. The quantitative estimate of drug-likeness (QED) is 0.627. The second-order valence-corrected chi connectivity index (χ2v) is 7.97. The van der Waals surface area contributed by atoms with Crippen LogP contribution in [0.25, 0.3) is 0 Å². The van der Waals surface area contributed by atoms with E-state index in [1.165, 1.54) is 18.3 Å². The van der Waals surface area contributed by atoms with Crippen LogP contribution in [0.3, 0.4) is 0 Å². The average molecular weight is 391 g/mol. The monoisotopic (exact) mass is 391 g/mol. The summed E-state index contributed by atoms with van der Waals surface area (Å²) in [5.74, 6) is -1.90. The van der Waals surface area contributed by atoms with Crippen LogP contribution in [0.2, 0.25) is 0 Å². The first-order chi connectivity index (χ1) is 12.7. The van der Waals surface area contributed by atoms with Crippen LogP contribution in [-0.4, -0.2) is 36.4 Å². The third-order valence-electron chi connectivity index (χ3n) is 3.56. The summed E-state index contributed by atoms with van der Waals surface area (Å²) in [4.78, 5) is 26.9. The maximum absolute atomic E-state index is 12.3. The van der Waals surface area contributed by atoms with E-state index < -0.39 is 21.9 Å². The zero-order valence-corrected chi connectivity index (χ0v) is 15.8.